The lowest BCUT2D eigenvalue weighted by Gasteiger charge is -2.27. The second-order valence-corrected chi connectivity index (χ2v) is 5.86. The summed E-state index contributed by atoms with van der Waals surface area (Å²) in [5.41, 5.74) is 10.7. The highest BCUT2D eigenvalue weighted by molar-refractivity contribution is 6.42. The van der Waals surface area contributed by atoms with E-state index in [1.54, 1.807) is 6.20 Å². The van der Waals surface area contributed by atoms with Crippen LogP contribution in [0.25, 0.3) is 5.57 Å². The van der Waals surface area contributed by atoms with Crippen LogP contribution in [-0.2, 0) is 0 Å². The first-order valence-corrected chi connectivity index (χ1v) is 7.41. The van der Waals surface area contributed by atoms with Gasteiger partial charge in [0, 0.05) is 5.92 Å². The molecule has 0 amide bonds. The first-order valence-electron chi connectivity index (χ1n) is 6.65. The Hall–Kier alpha value is -1.44. The molecule has 1 nitrogen and oxygen atoms in total. The van der Waals surface area contributed by atoms with Crippen LogP contribution in [0.15, 0.2) is 48.7 Å². The van der Waals surface area contributed by atoms with E-state index in [1.807, 2.05) is 12.1 Å². The van der Waals surface area contributed by atoms with E-state index in [0.717, 1.165) is 12.8 Å². The third-order valence-electron chi connectivity index (χ3n) is 3.93. The minimum Gasteiger partial charge on any atom is -0.404 e. The maximum absolute atomic E-state index is 6.15. The quantitative estimate of drug-likeness (QED) is 0.768. The molecule has 20 heavy (non-hydrogen) atoms. The molecule has 0 heterocycles. The van der Waals surface area contributed by atoms with Gasteiger partial charge in [-0.3, -0.25) is 0 Å². The number of nitrogens with two attached hydrogens (primary N) is 1. The van der Waals surface area contributed by atoms with Crippen LogP contribution in [0.5, 0.6) is 0 Å². The lowest BCUT2D eigenvalue weighted by molar-refractivity contribution is 0.711. The van der Waals surface area contributed by atoms with Gasteiger partial charge in [-0.05, 0) is 53.4 Å². The molecule has 2 aromatic rings. The van der Waals surface area contributed by atoms with Crippen LogP contribution in [0.4, 0.5) is 0 Å². The van der Waals surface area contributed by atoms with E-state index < -0.39 is 0 Å². The van der Waals surface area contributed by atoms with Crippen LogP contribution < -0.4 is 5.73 Å². The molecule has 0 saturated heterocycles. The summed E-state index contributed by atoms with van der Waals surface area (Å²) in [4.78, 5) is 0. The van der Waals surface area contributed by atoms with E-state index in [-0.39, 0.29) is 0 Å². The molecular weight excluding hydrogens is 289 g/mol. The SMILES string of the molecule is NC=C1CC[C@@H](c2ccc(Cl)c(Cl)c2)c2ccccc21. The first-order chi connectivity index (χ1) is 9.70. The summed E-state index contributed by atoms with van der Waals surface area (Å²) in [6.07, 6.45) is 3.75. The Morgan fingerprint density at radius 2 is 1.85 bits per heavy atom. The molecule has 1 atom stereocenters. The molecule has 0 aromatic heterocycles. The Bertz CT molecular complexity index is 676. The van der Waals surface area contributed by atoms with E-state index in [4.69, 9.17) is 28.9 Å². The zero-order valence-corrected chi connectivity index (χ0v) is 12.5. The van der Waals surface area contributed by atoms with Gasteiger partial charge in [0.15, 0.2) is 0 Å². The van der Waals surface area contributed by atoms with Gasteiger partial charge in [-0.1, -0.05) is 53.5 Å². The minimum absolute atomic E-state index is 0.352. The summed E-state index contributed by atoms with van der Waals surface area (Å²) >= 11 is 12.2. The zero-order chi connectivity index (χ0) is 14.1. The molecule has 2 N–H and O–H groups in total. The number of allylic oxidation sites excluding steroid dienone is 1. The second-order valence-electron chi connectivity index (χ2n) is 5.04. The van der Waals surface area contributed by atoms with Crippen molar-refractivity contribution in [3.05, 3.63) is 75.4 Å². The maximum atomic E-state index is 6.15. The lowest BCUT2D eigenvalue weighted by Crippen LogP contribution is -2.11. The fraction of sp³-hybridized carbons (Fsp3) is 0.176. The Morgan fingerprint density at radius 3 is 2.60 bits per heavy atom. The smallest absolute Gasteiger partial charge is 0.0595 e. The molecule has 1 aliphatic rings. The molecule has 3 heteroatoms. The maximum Gasteiger partial charge on any atom is 0.0595 e. The molecule has 0 unspecified atom stereocenters. The van der Waals surface area contributed by atoms with Gasteiger partial charge >= 0.3 is 0 Å². The van der Waals surface area contributed by atoms with Gasteiger partial charge < -0.3 is 5.73 Å². The molecule has 0 aliphatic heterocycles. The van der Waals surface area contributed by atoms with Crippen LogP contribution in [-0.4, -0.2) is 0 Å². The van der Waals surface area contributed by atoms with Crippen molar-refractivity contribution in [2.75, 3.05) is 0 Å². The summed E-state index contributed by atoms with van der Waals surface area (Å²) in [6, 6.07) is 14.3. The van der Waals surface area contributed by atoms with E-state index in [1.165, 1.54) is 22.3 Å². The summed E-state index contributed by atoms with van der Waals surface area (Å²) in [7, 11) is 0. The van der Waals surface area contributed by atoms with Crippen molar-refractivity contribution in [3.8, 4) is 0 Å². The van der Waals surface area contributed by atoms with Crippen LogP contribution in [0.1, 0.15) is 35.4 Å². The van der Waals surface area contributed by atoms with Gasteiger partial charge in [0.2, 0.25) is 0 Å². The van der Waals surface area contributed by atoms with E-state index in [9.17, 15) is 0 Å². The fourth-order valence-corrected chi connectivity index (χ4v) is 3.24. The first kappa shape index (κ1) is 13.5. The lowest BCUT2D eigenvalue weighted by atomic mass is 9.77. The van der Waals surface area contributed by atoms with E-state index >= 15 is 0 Å². The van der Waals surface area contributed by atoms with Crippen molar-refractivity contribution in [2.45, 2.75) is 18.8 Å². The summed E-state index contributed by atoms with van der Waals surface area (Å²) in [5, 5.41) is 1.21. The topological polar surface area (TPSA) is 26.0 Å². The second kappa shape index (κ2) is 5.51. The van der Waals surface area contributed by atoms with Crippen molar-refractivity contribution in [3.63, 3.8) is 0 Å². The summed E-state index contributed by atoms with van der Waals surface area (Å²) in [6.45, 7) is 0. The van der Waals surface area contributed by atoms with Crippen molar-refractivity contribution in [1.29, 1.82) is 0 Å². The van der Waals surface area contributed by atoms with Gasteiger partial charge in [-0.25, -0.2) is 0 Å². The highest BCUT2D eigenvalue weighted by Crippen LogP contribution is 2.42. The predicted molar refractivity (Wildman–Crippen MR) is 86.1 cm³/mol. The molecule has 0 spiro atoms. The summed E-state index contributed by atoms with van der Waals surface area (Å²) in [5.74, 6) is 0.352. The Balaban J connectivity index is 2.09. The predicted octanol–water partition coefficient (Wildman–Crippen LogP) is 5.22. The standard InChI is InChI=1S/C17H15Cl2N/c18-16-8-6-11(9-17(16)19)14-7-5-12(10-20)13-3-1-2-4-15(13)14/h1-4,6,8-10,14H,5,7,20H2/t14-/m0/s1. The highest BCUT2D eigenvalue weighted by Gasteiger charge is 2.24. The van der Waals surface area contributed by atoms with Gasteiger partial charge in [-0.2, -0.15) is 0 Å². The molecule has 102 valence electrons. The number of benzene rings is 2. The normalized spacial score (nSPS) is 19.9. The monoisotopic (exact) mass is 303 g/mol. The Labute approximate surface area is 129 Å². The molecule has 1 aliphatic carbocycles. The highest BCUT2D eigenvalue weighted by atomic mass is 35.5. The van der Waals surface area contributed by atoms with Crippen LogP contribution in [0.3, 0.4) is 0 Å². The average molecular weight is 304 g/mol. The third-order valence-corrected chi connectivity index (χ3v) is 4.67. The Kier molecular flexibility index (Phi) is 3.73. The fourth-order valence-electron chi connectivity index (χ4n) is 2.93. The largest absolute Gasteiger partial charge is 0.404 e. The van der Waals surface area contributed by atoms with Crippen molar-refractivity contribution < 1.29 is 0 Å². The van der Waals surface area contributed by atoms with Crippen molar-refractivity contribution in [2.24, 2.45) is 5.73 Å². The van der Waals surface area contributed by atoms with Gasteiger partial charge in [0.05, 0.1) is 10.0 Å². The van der Waals surface area contributed by atoms with Crippen LogP contribution >= 0.6 is 23.2 Å². The number of fused-ring (bicyclic) bond motifs is 1. The van der Waals surface area contributed by atoms with Gasteiger partial charge in [0.1, 0.15) is 0 Å². The van der Waals surface area contributed by atoms with E-state index in [0.29, 0.717) is 16.0 Å². The van der Waals surface area contributed by atoms with Crippen molar-refractivity contribution >= 4 is 28.8 Å². The molecule has 3 rings (SSSR count). The van der Waals surface area contributed by atoms with Gasteiger partial charge in [0.25, 0.3) is 0 Å². The molecule has 2 aromatic carbocycles. The number of hydrogen-bond acceptors (Lipinski definition) is 1. The number of halogens is 2. The molecule has 0 saturated carbocycles. The molecule has 0 radical (unpaired) electrons. The van der Waals surface area contributed by atoms with E-state index in [2.05, 4.69) is 30.3 Å². The Morgan fingerprint density at radius 1 is 1.05 bits per heavy atom. The van der Waals surface area contributed by atoms with Crippen LogP contribution in [0.2, 0.25) is 10.0 Å². The molecular formula is C17H15Cl2N. The molecule has 0 fully saturated rings. The molecule has 0 bridgehead atoms. The minimum atomic E-state index is 0.352. The number of rotatable bonds is 1. The van der Waals surface area contributed by atoms with Crippen molar-refractivity contribution in [1.82, 2.24) is 0 Å². The third kappa shape index (κ3) is 2.32. The van der Waals surface area contributed by atoms with Crippen LogP contribution in [0, 0.1) is 0 Å². The summed E-state index contributed by atoms with van der Waals surface area (Å²) < 4.78 is 0. The zero-order valence-electron chi connectivity index (χ0n) is 10.9. The van der Waals surface area contributed by atoms with Gasteiger partial charge in [-0.15, -0.1) is 0 Å². The number of hydrogen-bond donors (Lipinski definition) is 1. The average Bonchev–Trinajstić information content (AvgIpc) is 2.49.